The van der Waals surface area contributed by atoms with Gasteiger partial charge < -0.3 is 5.73 Å². The van der Waals surface area contributed by atoms with Crippen molar-refractivity contribution in [1.82, 2.24) is 0 Å². The zero-order valence-electron chi connectivity index (χ0n) is 11.0. The van der Waals surface area contributed by atoms with Crippen LogP contribution in [0.2, 0.25) is 0 Å². The van der Waals surface area contributed by atoms with Gasteiger partial charge in [0, 0.05) is 4.47 Å². The van der Waals surface area contributed by atoms with Gasteiger partial charge in [-0.2, -0.15) is 0 Å². The molecule has 1 unspecified atom stereocenters. The monoisotopic (exact) mass is 303 g/mol. The molecule has 0 aromatic heterocycles. The minimum Gasteiger partial charge on any atom is -0.320 e. The predicted octanol–water partition coefficient (Wildman–Crippen LogP) is 4.42. The van der Waals surface area contributed by atoms with Gasteiger partial charge in [0.25, 0.3) is 0 Å². The van der Waals surface area contributed by atoms with E-state index >= 15 is 0 Å². The molecule has 2 N–H and O–H groups in total. The van der Waals surface area contributed by atoms with Crippen molar-refractivity contribution in [1.29, 1.82) is 0 Å². The van der Waals surface area contributed by atoms with Crippen molar-refractivity contribution in [3.63, 3.8) is 0 Å². The number of hydrogen-bond acceptors (Lipinski definition) is 1. The Morgan fingerprint density at radius 3 is 2.06 bits per heavy atom. The second kappa shape index (κ2) is 5.25. The molecule has 0 fully saturated rings. The Morgan fingerprint density at radius 2 is 1.50 bits per heavy atom. The molecule has 0 heterocycles. The van der Waals surface area contributed by atoms with Crippen molar-refractivity contribution >= 4 is 15.9 Å². The molecule has 0 saturated carbocycles. The lowest BCUT2D eigenvalue weighted by atomic mass is 9.94. The lowest BCUT2D eigenvalue weighted by molar-refractivity contribution is 0.857. The van der Waals surface area contributed by atoms with Crippen LogP contribution in [-0.4, -0.2) is 0 Å². The molecule has 0 bridgehead atoms. The van der Waals surface area contributed by atoms with Crippen LogP contribution in [0.15, 0.2) is 40.9 Å². The van der Waals surface area contributed by atoms with Crippen molar-refractivity contribution in [2.75, 3.05) is 0 Å². The third-order valence-corrected chi connectivity index (χ3v) is 4.59. The van der Waals surface area contributed by atoms with Crippen LogP contribution < -0.4 is 5.73 Å². The molecule has 0 amide bonds. The standard InChI is InChI=1S/C16H18BrN/c1-10-6-4-5-7-14(10)16(18)13-8-11(2)15(17)12(3)9-13/h4-9,16H,18H2,1-3H3. The lowest BCUT2D eigenvalue weighted by Gasteiger charge is -2.17. The lowest BCUT2D eigenvalue weighted by Crippen LogP contribution is -2.13. The van der Waals surface area contributed by atoms with Crippen molar-refractivity contribution in [3.05, 3.63) is 68.7 Å². The van der Waals surface area contributed by atoms with E-state index < -0.39 is 0 Å². The Labute approximate surface area is 117 Å². The first-order chi connectivity index (χ1) is 8.50. The van der Waals surface area contributed by atoms with E-state index in [1.165, 1.54) is 32.3 Å². The highest BCUT2D eigenvalue weighted by atomic mass is 79.9. The molecule has 2 rings (SSSR count). The molecule has 0 aliphatic heterocycles. The molecule has 18 heavy (non-hydrogen) atoms. The summed E-state index contributed by atoms with van der Waals surface area (Å²) < 4.78 is 1.17. The molecule has 0 aliphatic rings. The van der Waals surface area contributed by atoms with Gasteiger partial charge in [-0.15, -0.1) is 0 Å². The summed E-state index contributed by atoms with van der Waals surface area (Å²) >= 11 is 3.59. The minimum absolute atomic E-state index is 0.0586. The zero-order valence-corrected chi connectivity index (χ0v) is 12.6. The Balaban J connectivity index is 2.47. The van der Waals surface area contributed by atoms with Crippen LogP contribution in [0.3, 0.4) is 0 Å². The molecular formula is C16H18BrN. The highest BCUT2D eigenvalue weighted by Crippen LogP contribution is 2.28. The van der Waals surface area contributed by atoms with Gasteiger partial charge in [0.15, 0.2) is 0 Å². The van der Waals surface area contributed by atoms with E-state index in [1.54, 1.807) is 0 Å². The van der Waals surface area contributed by atoms with Crippen LogP contribution in [0.25, 0.3) is 0 Å². The van der Waals surface area contributed by atoms with Gasteiger partial charge in [-0.05, 0) is 48.6 Å². The Kier molecular flexibility index (Phi) is 3.88. The maximum absolute atomic E-state index is 6.39. The number of hydrogen-bond donors (Lipinski definition) is 1. The van der Waals surface area contributed by atoms with Gasteiger partial charge in [-0.1, -0.05) is 52.3 Å². The smallest absolute Gasteiger partial charge is 0.0554 e. The Bertz CT molecular complexity index is 552. The zero-order chi connectivity index (χ0) is 13.3. The molecule has 0 aliphatic carbocycles. The summed E-state index contributed by atoms with van der Waals surface area (Å²) in [6.07, 6.45) is 0. The Morgan fingerprint density at radius 1 is 0.944 bits per heavy atom. The molecule has 0 radical (unpaired) electrons. The van der Waals surface area contributed by atoms with Gasteiger partial charge in [-0.3, -0.25) is 0 Å². The first-order valence-electron chi connectivity index (χ1n) is 6.08. The van der Waals surface area contributed by atoms with Crippen LogP contribution in [0.5, 0.6) is 0 Å². The van der Waals surface area contributed by atoms with Gasteiger partial charge in [0.1, 0.15) is 0 Å². The van der Waals surface area contributed by atoms with Gasteiger partial charge in [-0.25, -0.2) is 0 Å². The third-order valence-electron chi connectivity index (χ3n) is 3.34. The highest BCUT2D eigenvalue weighted by molar-refractivity contribution is 9.10. The fourth-order valence-corrected chi connectivity index (χ4v) is 2.50. The molecular weight excluding hydrogens is 286 g/mol. The molecule has 1 atom stereocenters. The second-order valence-corrected chi connectivity index (χ2v) is 5.60. The third kappa shape index (κ3) is 2.50. The fourth-order valence-electron chi connectivity index (χ4n) is 2.27. The van der Waals surface area contributed by atoms with Gasteiger partial charge in [0.05, 0.1) is 6.04 Å². The first-order valence-corrected chi connectivity index (χ1v) is 6.87. The summed E-state index contributed by atoms with van der Waals surface area (Å²) in [5.41, 5.74) is 12.5. The fraction of sp³-hybridized carbons (Fsp3) is 0.250. The van der Waals surface area contributed by atoms with E-state index in [2.05, 4.69) is 61.0 Å². The minimum atomic E-state index is -0.0586. The first kappa shape index (κ1) is 13.3. The topological polar surface area (TPSA) is 26.0 Å². The summed E-state index contributed by atoms with van der Waals surface area (Å²) in [7, 11) is 0. The van der Waals surface area contributed by atoms with E-state index in [1.807, 2.05) is 12.1 Å². The van der Waals surface area contributed by atoms with Crippen molar-refractivity contribution < 1.29 is 0 Å². The maximum Gasteiger partial charge on any atom is 0.0554 e. The predicted molar refractivity (Wildman–Crippen MR) is 80.8 cm³/mol. The number of rotatable bonds is 2. The van der Waals surface area contributed by atoms with E-state index in [4.69, 9.17) is 5.73 Å². The molecule has 1 nitrogen and oxygen atoms in total. The van der Waals surface area contributed by atoms with Crippen LogP contribution in [-0.2, 0) is 0 Å². The molecule has 0 saturated heterocycles. The average Bonchev–Trinajstić information content (AvgIpc) is 2.35. The van der Waals surface area contributed by atoms with Crippen LogP contribution in [0, 0.1) is 20.8 Å². The summed E-state index contributed by atoms with van der Waals surface area (Å²) in [6.45, 7) is 6.31. The number of halogens is 1. The van der Waals surface area contributed by atoms with E-state index in [9.17, 15) is 0 Å². The van der Waals surface area contributed by atoms with Crippen molar-refractivity contribution in [2.45, 2.75) is 26.8 Å². The maximum atomic E-state index is 6.39. The van der Waals surface area contributed by atoms with Crippen LogP contribution in [0.4, 0.5) is 0 Å². The second-order valence-electron chi connectivity index (χ2n) is 4.80. The summed E-state index contributed by atoms with van der Waals surface area (Å²) in [5, 5.41) is 0. The largest absolute Gasteiger partial charge is 0.320 e. The number of aryl methyl sites for hydroxylation is 3. The average molecular weight is 304 g/mol. The van der Waals surface area contributed by atoms with E-state index in [0.29, 0.717) is 0 Å². The van der Waals surface area contributed by atoms with Gasteiger partial charge >= 0.3 is 0 Å². The SMILES string of the molecule is Cc1ccccc1C(N)c1cc(C)c(Br)c(C)c1. The summed E-state index contributed by atoms with van der Waals surface area (Å²) in [6, 6.07) is 12.6. The molecule has 2 aromatic carbocycles. The molecule has 0 spiro atoms. The molecule has 94 valence electrons. The number of nitrogens with two attached hydrogens (primary N) is 1. The van der Waals surface area contributed by atoms with Crippen LogP contribution in [0.1, 0.15) is 33.9 Å². The molecule has 2 heteroatoms. The molecule has 2 aromatic rings. The van der Waals surface area contributed by atoms with E-state index in [-0.39, 0.29) is 6.04 Å². The van der Waals surface area contributed by atoms with Crippen molar-refractivity contribution in [2.24, 2.45) is 5.73 Å². The summed E-state index contributed by atoms with van der Waals surface area (Å²) in [4.78, 5) is 0. The number of benzene rings is 2. The van der Waals surface area contributed by atoms with Gasteiger partial charge in [0.2, 0.25) is 0 Å². The highest BCUT2D eigenvalue weighted by Gasteiger charge is 2.13. The quantitative estimate of drug-likeness (QED) is 0.873. The Hall–Kier alpha value is -1.12. The van der Waals surface area contributed by atoms with E-state index in [0.717, 1.165) is 0 Å². The summed E-state index contributed by atoms with van der Waals surface area (Å²) in [5.74, 6) is 0. The normalized spacial score (nSPS) is 12.5. The van der Waals surface area contributed by atoms with Crippen LogP contribution >= 0.6 is 15.9 Å². The van der Waals surface area contributed by atoms with Crippen molar-refractivity contribution in [3.8, 4) is 0 Å².